The molecule has 1 amide bonds. The number of rotatable bonds is 2. The van der Waals surface area contributed by atoms with Crippen molar-refractivity contribution in [1.29, 1.82) is 0 Å². The van der Waals surface area contributed by atoms with E-state index in [2.05, 4.69) is 15.3 Å². The summed E-state index contributed by atoms with van der Waals surface area (Å²) in [7, 11) is 0. The minimum absolute atomic E-state index is 0.0000463. The second kappa shape index (κ2) is 4.06. The van der Waals surface area contributed by atoms with Crippen LogP contribution in [0.25, 0.3) is 5.52 Å². The van der Waals surface area contributed by atoms with Crippen LogP contribution in [0, 0.1) is 5.92 Å². The summed E-state index contributed by atoms with van der Waals surface area (Å²) < 4.78 is 1.74. The van der Waals surface area contributed by atoms with Gasteiger partial charge in [-0.3, -0.25) is 4.79 Å². The normalized spacial score (nSPS) is 28.9. The van der Waals surface area contributed by atoms with Gasteiger partial charge in [0.2, 0.25) is 0 Å². The highest BCUT2D eigenvalue weighted by molar-refractivity contribution is 6.00. The Morgan fingerprint density at radius 3 is 3.11 bits per heavy atom. The van der Waals surface area contributed by atoms with Crippen LogP contribution in [-0.4, -0.2) is 46.1 Å². The maximum atomic E-state index is 12.4. The van der Waals surface area contributed by atoms with Gasteiger partial charge in [0.1, 0.15) is 0 Å². The highest BCUT2D eigenvalue weighted by Gasteiger charge is 2.38. The Labute approximate surface area is 111 Å². The van der Waals surface area contributed by atoms with E-state index in [1.54, 1.807) is 10.7 Å². The van der Waals surface area contributed by atoms with Gasteiger partial charge >= 0.3 is 0 Å². The zero-order valence-electron chi connectivity index (χ0n) is 10.6. The van der Waals surface area contributed by atoms with Gasteiger partial charge in [-0.05, 0) is 31.0 Å². The molecule has 1 N–H and O–H groups in total. The molecule has 2 aliphatic heterocycles. The summed E-state index contributed by atoms with van der Waals surface area (Å²) in [5.74, 6) is 0.630. The maximum Gasteiger partial charge on any atom is 0.255 e. The first-order valence-corrected chi connectivity index (χ1v) is 6.77. The Morgan fingerprint density at radius 2 is 2.32 bits per heavy atom. The van der Waals surface area contributed by atoms with Crippen molar-refractivity contribution < 1.29 is 4.79 Å². The molecule has 2 aromatic heterocycles. The number of nitrogens with zero attached hydrogens (tertiary/aromatic N) is 3. The number of pyridine rings is 1. The summed E-state index contributed by atoms with van der Waals surface area (Å²) in [6, 6.07) is 6.06. The molecule has 0 spiro atoms. The van der Waals surface area contributed by atoms with Crippen LogP contribution >= 0.6 is 0 Å². The van der Waals surface area contributed by atoms with Crippen LogP contribution in [0.3, 0.4) is 0 Å². The van der Waals surface area contributed by atoms with Crippen LogP contribution < -0.4 is 5.32 Å². The van der Waals surface area contributed by atoms with Crippen molar-refractivity contribution in [2.24, 2.45) is 5.92 Å². The first kappa shape index (κ1) is 11.0. The van der Waals surface area contributed by atoms with E-state index in [0.717, 1.165) is 18.6 Å². The molecule has 0 radical (unpaired) electrons. The van der Waals surface area contributed by atoms with E-state index in [1.807, 2.05) is 24.4 Å². The number of piperidine rings is 1. The Bertz CT molecular complexity index is 635. The zero-order valence-corrected chi connectivity index (χ0v) is 10.6. The summed E-state index contributed by atoms with van der Waals surface area (Å²) in [6.45, 7) is 3.32. The molecule has 4 heterocycles. The van der Waals surface area contributed by atoms with E-state index in [4.69, 9.17) is 0 Å². The van der Waals surface area contributed by atoms with E-state index < -0.39 is 0 Å². The SMILES string of the molecule is O=C(N[C@H]1CN2CCC1C2)c1cnn2ccccc12. The molecule has 4 rings (SSSR count). The van der Waals surface area contributed by atoms with Crippen LogP contribution in [0.15, 0.2) is 30.6 Å². The highest BCUT2D eigenvalue weighted by atomic mass is 16.1. The average Bonchev–Trinajstić information content (AvgIpc) is 3.13. The predicted octanol–water partition coefficient (Wildman–Crippen LogP) is 0.768. The molecule has 5 nitrogen and oxygen atoms in total. The molecule has 2 bridgehead atoms. The molecule has 0 aliphatic carbocycles. The number of carbonyl (C=O) groups excluding carboxylic acids is 1. The molecule has 98 valence electrons. The third-order valence-electron chi connectivity index (χ3n) is 4.32. The summed E-state index contributed by atoms with van der Waals surface area (Å²) in [4.78, 5) is 14.8. The topological polar surface area (TPSA) is 49.6 Å². The van der Waals surface area contributed by atoms with E-state index in [-0.39, 0.29) is 5.91 Å². The number of aromatic nitrogens is 2. The lowest BCUT2D eigenvalue weighted by molar-refractivity contribution is 0.0926. The van der Waals surface area contributed by atoms with Crippen molar-refractivity contribution in [3.05, 3.63) is 36.2 Å². The fourth-order valence-electron chi connectivity index (χ4n) is 3.30. The van der Waals surface area contributed by atoms with Crippen molar-refractivity contribution >= 4 is 11.4 Å². The van der Waals surface area contributed by atoms with Gasteiger partial charge in [-0.1, -0.05) is 6.07 Å². The number of hydrogen-bond donors (Lipinski definition) is 1. The third kappa shape index (κ3) is 1.73. The molecule has 2 aromatic rings. The number of amides is 1. The Morgan fingerprint density at radius 1 is 1.37 bits per heavy atom. The highest BCUT2D eigenvalue weighted by Crippen LogP contribution is 2.28. The van der Waals surface area contributed by atoms with Gasteiger partial charge in [0.15, 0.2) is 0 Å². The van der Waals surface area contributed by atoms with Gasteiger partial charge in [0.05, 0.1) is 17.3 Å². The summed E-state index contributed by atoms with van der Waals surface area (Å²) in [6.07, 6.45) is 4.72. The summed E-state index contributed by atoms with van der Waals surface area (Å²) >= 11 is 0. The lowest BCUT2D eigenvalue weighted by Gasteiger charge is -2.22. The van der Waals surface area contributed by atoms with E-state index in [1.165, 1.54) is 13.0 Å². The lowest BCUT2D eigenvalue weighted by atomic mass is 10.00. The first-order chi connectivity index (χ1) is 9.31. The van der Waals surface area contributed by atoms with Crippen molar-refractivity contribution in [1.82, 2.24) is 19.8 Å². The second-order valence-corrected chi connectivity index (χ2v) is 5.48. The van der Waals surface area contributed by atoms with Gasteiger partial charge in [-0.25, -0.2) is 4.52 Å². The number of carbonyl (C=O) groups is 1. The van der Waals surface area contributed by atoms with E-state index >= 15 is 0 Å². The largest absolute Gasteiger partial charge is 0.348 e. The van der Waals surface area contributed by atoms with Crippen LogP contribution in [0.2, 0.25) is 0 Å². The van der Waals surface area contributed by atoms with Crippen LogP contribution in [0.4, 0.5) is 0 Å². The van der Waals surface area contributed by atoms with Crippen molar-refractivity contribution in [3.8, 4) is 0 Å². The Balaban J connectivity index is 1.57. The quantitative estimate of drug-likeness (QED) is 0.863. The van der Waals surface area contributed by atoms with Gasteiger partial charge < -0.3 is 10.2 Å². The van der Waals surface area contributed by atoms with Crippen molar-refractivity contribution in [2.45, 2.75) is 12.5 Å². The summed E-state index contributed by atoms with van der Waals surface area (Å²) in [5.41, 5.74) is 1.53. The smallest absolute Gasteiger partial charge is 0.255 e. The lowest BCUT2D eigenvalue weighted by Crippen LogP contribution is -2.43. The van der Waals surface area contributed by atoms with Gasteiger partial charge in [-0.2, -0.15) is 5.10 Å². The fraction of sp³-hybridized carbons (Fsp3) is 0.429. The molecular weight excluding hydrogens is 240 g/mol. The summed E-state index contributed by atoms with van der Waals surface area (Å²) in [5, 5.41) is 7.38. The average molecular weight is 256 g/mol. The number of fused-ring (bicyclic) bond motifs is 3. The second-order valence-electron chi connectivity index (χ2n) is 5.48. The van der Waals surface area contributed by atoms with Gasteiger partial charge in [-0.15, -0.1) is 0 Å². The molecular formula is C14H16N4O. The molecule has 2 fully saturated rings. The van der Waals surface area contributed by atoms with Crippen molar-refractivity contribution in [3.63, 3.8) is 0 Å². The minimum atomic E-state index is -0.0000463. The van der Waals surface area contributed by atoms with Crippen molar-refractivity contribution in [2.75, 3.05) is 19.6 Å². The molecule has 2 saturated heterocycles. The fourth-order valence-corrected chi connectivity index (χ4v) is 3.30. The number of hydrogen-bond acceptors (Lipinski definition) is 3. The maximum absolute atomic E-state index is 12.4. The third-order valence-corrected chi connectivity index (χ3v) is 4.32. The van der Waals surface area contributed by atoms with Crippen LogP contribution in [-0.2, 0) is 0 Å². The molecule has 5 heteroatoms. The molecule has 0 saturated carbocycles. The molecule has 2 unspecified atom stereocenters. The Hall–Kier alpha value is -1.88. The first-order valence-electron chi connectivity index (χ1n) is 6.77. The van der Waals surface area contributed by atoms with E-state index in [9.17, 15) is 4.79 Å². The molecule has 2 aliphatic rings. The molecule has 0 aromatic carbocycles. The zero-order chi connectivity index (χ0) is 12.8. The van der Waals surface area contributed by atoms with Gasteiger partial charge in [0, 0.05) is 25.3 Å². The number of nitrogens with one attached hydrogen (secondary N) is 1. The van der Waals surface area contributed by atoms with E-state index in [0.29, 0.717) is 17.5 Å². The predicted molar refractivity (Wildman–Crippen MR) is 71.0 cm³/mol. The van der Waals surface area contributed by atoms with Crippen LogP contribution in [0.5, 0.6) is 0 Å². The standard InChI is InChI=1S/C14H16N4O/c19-14(16-12-9-17-6-4-10(12)8-17)11-7-15-18-5-2-1-3-13(11)18/h1-3,5,7,10,12H,4,6,8-9H2,(H,16,19)/t10?,12-/m0/s1. The molecule has 3 atom stereocenters. The van der Waals surface area contributed by atoms with Crippen LogP contribution in [0.1, 0.15) is 16.8 Å². The monoisotopic (exact) mass is 256 g/mol. The molecule has 19 heavy (non-hydrogen) atoms. The van der Waals surface area contributed by atoms with Gasteiger partial charge in [0.25, 0.3) is 5.91 Å². The Kier molecular flexibility index (Phi) is 2.35. The minimum Gasteiger partial charge on any atom is -0.348 e.